The van der Waals surface area contributed by atoms with Gasteiger partial charge in [-0.25, -0.2) is 4.79 Å². The number of para-hydroxylation sites is 1. The summed E-state index contributed by atoms with van der Waals surface area (Å²) in [5.41, 5.74) is 4.95. The van der Waals surface area contributed by atoms with Crippen molar-refractivity contribution in [3.8, 4) is 5.75 Å². The molecule has 1 aromatic carbocycles. The van der Waals surface area contributed by atoms with E-state index >= 15 is 0 Å². The lowest BCUT2D eigenvalue weighted by molar-refractivity contribution is -0.118. The molecule has 2 heterocycles. The molecule has 1 aromatic heterocycles. The van der Waals surface area contributed by atoms with Crippen LogP contribution in [0.4, 0.5) is 4.79 Å². The second-order valence-corrected chi connectivity index (χ2v) is 6.98. The molecule has 0 bridgehead atoms. The lowest BCUT2D eigenvalue weighted by atomic mass is 9.94. The van der Waals surface area contributed by atoms with E-state index in [9.17, 15) is 9.59 Å². The minimum absolute atomic E-state index is 0.254. The molecule has 2 aromatic rings. The van der Waals surface area contributed by atoms with Crippen LogP contribution in [0.5, 0.6) is 5.75 Å². The van der Waals surface area contributed by atoms with Gasteiger partial charge in [0.2, 0.25) is 0 Å². The predicted molar refractivity (Wildman–Crippen MR) is 103 cm³/mol. The van der Waals surface area contributed by atoms with Gasteiger partial charge in [-0.15, -0.1) is 0 Å². The number of carbonyl (C=O) groups excluding carboxylic acids is 2. The number of hydrogen-bond donors (Lipinski definition) is 4. The molecule has 1 aliphatic carbocycles. The topological polar surface area (TPSA) is 108 Å². The first kappa shape index (κ1) is 18.1. The van der Waals surface area contributed by atoms with Crippen molar-refractivity contribution in [2.75, 3.05) is 7.11 Å². The van der Waals surface area contributed by atoms with E-state index in [1.54, 1.807) is 20.1 Å². The van der Waals surface area contributed by atoms with Crippen LogP contribution in [0.15, 0.2) is 35.5 Å². The Morgan fingerprint density at radius 1 is 1.32 bits per heavy atom. The maximum atomic E-state index is 13.1. The monoisotopic (exact) mass is 381 g/mol. The number of rotatable bonds is 5. The van der Waals surface area contributed by atoms with Crippen molar-refractivity contribution >= 4 is 11.9 Å². The molecular weight excluding hydrogens is 358 g/mol. The number of allylic oxidation sites excluding steroid dienone is 1. The van der Waals surface area contributed by atoms with Crippen LogP contribution in [0.1, 0.15) is 41.9 Å². The fourth-order valence-electron chi connectivity index (χ4n) is 3.93. The van der Waals surface area contributed by atoms with E-state index in [0.717, 1.165) is 36.2 Å². The van der Waals surface area contributed by atoms with E-state index in [2.05, 4.69) is 26.1 Å². The van der Waals surface area contributed by atoms with Gasteiger partial charge in [0.1, 0.15) is 5.75 Å². The summed E-state index contributed by atoms with van der Waals surface area (Å²) in [5, 5.41) is 15.9. The number of methoxy groups -OCH3 is 1. The summed E-state index contributed by atoms with van der Waals surface area (Å²) in [5.74, 6) is 0.355. The molecular formula is C20H23N5O3. The number of hydrogen-bond acceptors (Lipinski definition) is 4. The number of ether oxygens (including phenoxy) is 1. The second kappa shape index (κ2) is 7.38. The van der Waals surface area contributed by atoms with Crippen molar-refractivity contribution in [1.29, 1.82) is 0 Å². The number of amides is 3. The molecule has 4 N–H and O–H groups in total. The molecule has 8 heteroatoms. The van der Waals surface area contributed by atoms with E-state index in [0.29, 0.717) is 23.6 Å². The van der Waals surface area contributed by atoms with Gasteiger partial charge in [-0.2, -0.15) is 5.10 Å². The second-order valence-electron chi connectivity index (χ2n) is 6.98. The van der Waals surface area contributed by atoms with Crippen LogP contribution >= 0.6 is 0 Å². The van der Waals surface area contributed by atoms with Crippen molar-refractivity contribution < 1.29 is 14.3 Å². The van der Waals surface area contributed by atoms with Gasteiger partial charge < -0.3 is 20.7 Å². The molecule has 1 atom stereocenters. The van der Waals surface area contributed by atoms with Gasteiger partial charge in [-0.1, -0.05) is 18.2 Å². The predicted octanol–water partition coefficient (Wildman–Crippen LogP) is 1.85. The zero-order valence-electron chi connectivity index (χ0n) is 15.9. The SMILES string of the molecule is COc1ccccc1C1NC(=O)NC(C)=C1C(=O)NCc1n[nH]c2c1CCC2. The van der Waals surface area contributed by atoms with Gasteiger partial charge in [0.05, 0.1) is 31.0 Å². The van der Waals surface area contributed by atoms with Crippen LogP contribution in [-0.4, -0.2) is 29.2 Å². The quantitative estimate of drug-likeness (QED) is 0.634. The summed E-state index contributed by atoms with van der Waals surface area (Å²) in [6.07, 6.45) is 3.10. The molecule has 2 aliphatic rings. The Kier molecular flexibility index (Phi) is 4.77. The Morgan fingerprint density at radius 2 is 2.14 bits per heavy atom. The van der Waals surface area contributed by atoms with Crippen LogP contribution in [-0.2, 0) is 24.2 Å². The summed E-state index contributed by atoms with van der Waals surface area (Å²) in [6.45, 7) is 2.07. The Morgan fingerprint density at radius 3 is 2.96 bits per heavy atom. The first-order chi connectivity index (χ1) is 13.6. The highest BCUT2D eigenvalue weighted by molar-refractivity contribution is 5.98. The van der Waals surface area contributed by atoms with Gasteiger partial charge >= 0.3 is 6.03 Å². The van der Waals surface area contributed by atoms with E-state index in [4.69, 9.17) is 4.74 Å². The minimum atomic E-state index is -0.602. The Bertz CT molecular complexity index is 963. The molecule has 0 saturated heterocycles. The third-order valence-corrected chi connectivity index (χ3v) is 5.27. The average molecular weight is 381 g/mol. The minimum Gasteiger partial charge on any atom is -0.496 e. The molecule has 146 valence electrons. The highest BCUT2D eigenvalue weighted by atomic mass is 16.5. The number of H-pyrrole nitrogens is 1. The molecule has 1 unspecified atom stereocenters. The maximum absolute atomic E-state index is 13.1. The van der Waals surface area contributed by atoms with Crippen molar-refractivity contribution in [3.63, 3.8) is 0 Å². The number of aromatic nitrogens is 2. The number of nitrogens with zero attached hydrogens (tertiary/aromatic N) is 1. The number of aromatic amines is 1. The van der Waals surface area contributed by atoms with Gasteiger partial charge in [0.15, 0.2) is 0 Å². The fourth-order valence-corrected chi connectivity index (χ4v) is 3.93. The largest absolute Gasteiger partial charge is 0.496 e. The molecule has 3 amide bonds. The highest BCUT2D eigenvalue weighted by Crippen LogP contribution is 2.33. The normalized spacial score (nSPS) is 18.4. The van der Waals surface area contributed by atoms with Gasteiger partial charge in [0, 0.05) is 17.0 Å². The highest BCUT2D eigenvalue weighted by Gasteiger charge is 2.33. The summed E-state index contributed by atoms with van der Waals surface area (Å²) in [7, 11) is 1.57. The van der Waals surface area contributed by atoms with Crippen LogP contribution in [0.2, 0.25) is 0 Å². The van der Waals surface area contributed by atoms with Crippen molar-refractivity contribution in [3.05, 3.63) is 58.1 Å². The van der Waals surface area contributed by atoms with Crippen LogP contribution < -0.4 is 20.7 Å². The van der Waals surface area contributed by atoms with Crippen LogP contribution in [0, 0.1) is 0 Å². The number of carbonyl (C=O) groups is 2. The molecule has 0 saturated carbocycles. The summed E-state index contributed by atoms with van der Waals surface area (Å²) in [4.78, 5) is 25.1. The molecule has 28 heavy (non-hydrogen) atoms. The molecule has 8 nitrogen and oxygen atoms in total. The average Bonchev–Trinajstić information content (AvgIpc) is 3.29. The van der Waals surface area contributed by atoms with Gasteiger partial charge in [-0.3, -0.25) is 9.89 Å². The van der Waals surface area contributed by atoms with E-state index in [1.807, 2.05) is 18.2 Å². The lowest BCUT2D eigenvalue weighted by Crippen LogP contribution is -2.47. The van der Waals surface area contributed by atoms with Crippen LogP contribution in [0.3, 0.4) is 0 Å². The smallest absolute Gasteiger partial charge is 0.319 e. The fraction of sp³-hybridized carbons (Fsp3) is 0.350. The van der Waals surface area contributed by atoms with E-state index in [-0.39, 0.29) is 11.9 Å². The van der Waals surface area contributed by atoms with Crippen LogP contribution in [0.25, 0.3) is 0 Å². The first-order valence-corrected chi connectivity index (χ1v) is 9.33. The Balaban J connectivity index is 1.59. The third kappa shape index (κ3) is 3.21. The Labute approximate surface area is 162 Å². The molecule has 0 radical (unpaired) electrons. The molecule has 0 fully saturated rings. The Hall–Kier alpha value is -3.29. The third-order valence-electron chi connectivity index (χ3n) is 5.27. The summed E-state index contributed by atoms with van der Waals surface area (Å²) >= 11 is 0. The first-order valence-electron chi connectivity index (χ1n) is 9.33. The van der Waals surface area contributed by atoms with Gasteiger partial charge in [0.25, 0.3) is 5.91 Å². The number of benzene rings is 1. The molecule has 4 rings (SSSR count). The summed E-state index contributed by atoms with van der Waals surface area (Å²) in [6, 6.07) is 6.39. The number of fused-ring (bicyclic) bond motifs is 1. The van der Waals surface area contributed by atoms with Crippen molar-refractivity contribution in [2.24, 2.45) is 0 Å². The standard InChI is InChI=1S/C20H23N5O3/c1-11-17(19(26)21-10-15-12-7-5-8-14(12)24-25-15)18(23-20(27)22-11)13-6-3-4-9-16(13)28-2/h3-4,6,9,18H,5,7-8,10H2,1-2H3,(H,21,26)(H,24,25)(H2,22,23,27). The van der Waals surface area contributed by atoms with Gasteiger partial charge in [-0.05, 0) is 37.8 Å². The van der Waals surface area contributed by atoms with Crippen molar-refractivity contribution in [1.82, 2.24) is 26.1 Å². The summed E-state index contributed by atoms with van der Waals surface area (Å²) < 4.78 is 5.43. The molecule has 1 aliphatic heterocycles. The number of nitrogens with one attached hydrogen (secondary N) is 4. The van der Waals surface area contributed by atoms with E-state index in [1.165, 1.54) is 5.56 Å². The zero-order chi connectivity index (χ0) is 19.7. The number of urea groups is 1. The zero-order valence-corrected chi connectivity index (χ0v) is 15.9. The van der Waals surface area contributed by atoms with E-state index < -0.39 is 6.04 Å². The number of aryl methyl sites for hydroxylation is 1. The molecule has 0 spiro atoms. The van der Waals surface area contributed by atoms with Crippen molar-refractivity contribution in [2.45, 2.75) is 38.8 Å². The lowest BCUT2D eigenvalue weighted by Gasteiger charge is -2.29. The maximum Gasteiger partial charge on any atom is 0.319 e.